The van der Waals surface area contributed by atoms with Crippen molar-refractivity contribution in [3.8, 4) is 11.8 Å². The molecule has 4 heteroatoms. The van der Waals surface area contributed by atoms with Gasteiger partial charge in [0.05, 0.1) is 18.3 Å². The van der Waals surface area contributed by atoms with Crippen LogP contribution in [0, 0.1) is 23.2 Å². The number of para-hydroxylation sites is 1. The van der Waals surface area contributed by atoms with Gasteiger partial charge < -0.3 is 14.7 Å². The number of nitriles is 1. The van der Waals surface area contributed by atoms with Crippen molar-refractivity contribution in [3.05, 3.63) is 29.8 Å². The van der Waals surface area contributed by atoms with E-state index in [1.807, 2.05) is 18.2 Å². The molecule has 2 fully saturated rings. The van der Waals surface area contributed by atoms with Crippen LogP contribution in [0.15, 0.2) is 24.3 Å². The fraction of sp³-hybridized carbons (Fsp3) is 0.588. The number of likely N-dealkylation sites (tertiary alicyclic amines) is 1. The molecule has 0 bridgehead atoms. The number of ether oxygens (including phenoxy) is 1. The van der Waals surface area contributed by atoms with E-state index >= 15 is 0 Å². The molecule has 1 aromatic carbocycles. The van der Waals surface area contributed by atoms with Crippen LogP contribution in [-0.2, 0) is 0 Å². The Balaban J connectivity index is 1.40. The molecule has 1 aliphatic heterocycles. The number of rotatable bonds is 5. The lowest BCUT2D eigenvalue weighted by atomic mass is 10.00. The molecule has 112 valence electrons. The average Bonchev–Trinajstić information content (AvgIpc) is 3.06. The normalized spacial score (nSPS) is 28.3. The second kappa shape index (κ2) is 6.46. The second-order valence-electron chi connectivity index (χ2n) is 6.14. The van der Waals surface area contributed by atoms with Gasteiger partial charge in [0, 0.05) is 25.6 Å². The molecule has 1 aliphatic carbocycles. The Morgan fingerprint density at radius 3 is 2.95 bits per heavy atom. The topological polar surface area (TPSA) is 56.5 Å². The van der Waals surface area contributed by atoms with Crippen molar-refractivity contribution in [2.24, 2.45) is 11.8 Å². The van der Waals surface area contributed by atoms with E-state index in [1.165, 1.54) is 6.42 Å². The maximum atomic E-state index is 9.91. The Kier molecular flexibility index (Phi) is 4.42. The van der Waals surface area contributed by atoms with E-state index in [-0.39, 0.29) is 6.10 Å². The zero-order valence-electron chi connectivity index (χ0n) is 12.2. The minimum Gasteiger partial charge on any atom is -0.492 e. The lowest BCUT2D eigenvalue weighted by Crippen LogP contribution is -2.26. The lowest BCUT2D eigenvalue weighted by Gasteiger charge is -2.18. The van der Waals surface area contributed by atoms with Gasteiger partial charge in [-0.25, -0.2) is 0 Å². The molecule has 3 atom stereocenters. The first kappa shape index (κ1) is 14.4. The van der Waals surface area contributed by atoms with Gasteiger partial charge in [-0.2, -0.15) is 5.26 Å². The number of fused-ring (bicyclic) bond motifs is 1. The molecule has 4 nitrogen and oxygen atoms in total. The van der Waals surface area contributed by atoms with Crippen molar-refractivity contribution in [3.63, 3.8) is 0 Å². The first-order valence-electron chi connectivity index (χ1n) is 7.80. The third-order valence-electron chi connectivity index (χ3n) is 4.78. The van der Waals surface area contributed by atoms with Gasteiger partial charge in [0.1, 0.15) is 11.8 Å². The molecule has 0 aromatic heterocycles. The largest absolute Gasteiger partial charge is 0.492 e. The van der Waals surface area contributed by atoms with Crippen molar-refractivity contribution in [1.29, 1.82) is 5.26 Å². The van der Waals surface area contributed by atoms with Crippen LogP contribution in [0.2, 0.25) is 0 Å². The zero-order chi connectivity index (χ0) is 14.7. The molecule has 1 saturated carbocycles. The summed E-state index contributed by atoms with van der Waals surface area (Å²) in [7, 11) is 0. The van der Waals surface area contributed by atoms with Crippen LogP contribution >= 0.6 is 0 Å². The Hall–Kier alpha value is -1.57. The van der Waals surface area contributed by atoms with Crippen molar-refractivity contribution < 1.29 is 9.84 Å². The smallest absolute Gasteiger partial charge is 0.137 e. The molecular formula is C17H22N2O2. The molecule has 0 amide bonds. The summed E-state index contributed by atoms with van der Waals surface area (Å²) < 4.78 is 5.70. The van der Waals surface area contributed by atoms with Crippen molar-refractivity contribution in [2.75, 3.05) is 26.2 Å². The summed E-state index contributed by atoms with van der Waals surface area (Å²) >= 11 is 0. The molecule has 0 radical (unpaired) electrons. The van der Waals surface area contributed by atoms with Gasteiger partial charge in [0.15, 0.2) is 0 Å². The highest BCUT2D eigenvalue weighted by Gasteiger charge is 2.41. The van der Waals surface area contributed by atoms with Gasteiger partial charge in [-0.1, -0.05) is 12.1 Å². The van der Waals surface area contributed by atoms with Crippen molar-refractivity contribution in [2.45, 2.75) is 25.4 Å². The third kappa shape index (κ3) is 3.20. The van der Waals surface area contributed by atoms with E-state index < -0.39 is 0 Å². The van der Waals surface area contributed by atoms with Gasteiger partial charge in [0.25, 0.3) is 0 Å². The zero-order valence-corrected chi connectivity index (χ0v) is 12.2. The van der Waals surface area contributed by atoms with E-state index in [9.17, 15) is 5.11 Å². The molecule has 1 aromatic rings. The van der Waals surface area contributed by atoms with Gasteiger partial charge >= 0.3 is 0 Å². The van der Waals surface area contributed by atoms with Crippen LogP contribution in [0.5, 0.6) is 5.75 Å². The Labute approximate surface area is 125 Å². The number of aliphatic hydroxyl groups excluding tert-OH is 1. The summed E-state index contributed by atoms with van der Waals surface area (Å²) in [5.41, 5.74) is 0.594. The Morgan fingerprint density at radius 1 is 1.29 bits per heavy atom. The van der Waals surface area contributed by atoms with Gasteiger partial charge in [-0.05, 0) is 37.3 Å². The highest BCUT2D eigenvalue weighted by molar-refractivity contribution is 5.42. The first-order valence-corrected chi connectivity index (χ1v) is 7.80. The minimum absolute atomic E-state index is 0.0845. The summed E-state index contributed by atoms with van der Waals surface area (Å²) in [5.74, 6) is 1.86. The maximum Gasteiger partial charge on any atom is 0.137 e. The van der Waals surface area contributed by atoms with Crippen molar-refractivity contribution in [1.82, 2.24) is 4.90 Å². The lowest BCUT2D eigenvalue weighted by molar-refractivity contribution is 0.123. The molecule has 0 spiro atoms. The van der Waals surface area contributed by atoms with Crippen LogP contribution in [0.4, 0.5) is 0 Å². The van der Waals surface area contributed by atoms with Gasteiger partial charge in [-0.3, -0.25) is 0 Å². The number of benzene rings is 1. The first-order chi connectivity index (χ1) is 10.3. The van der Waals surface area contributed by atoms with E-state index in [4.69, 9.17) is 10.00 Å². The number of hydrogen-bond acceptors (Lipinski definition) is 4. The van der Waals surface area contributed by atoms with Gasteiger partial charge in [0.2, 0.25) is 0 Å². The van der Waals surface area contributed by atoms with Crippen LogP contribution < -0.4 is 4.74 Å². The van der Waals surface area contributed by atoms with Crippen LogP contribution in [0.25, 0.3) is 0 Å². The predicted molar refractivity (Wildman–Crippen MR) is 79.9 cm³/mol. The standard InChI is InChI=1S/C17H22N2O2/c18-10-13-4-1-2-5-17(13)21-9-3-8-19-11-14-6-7-16(20)15(14)12-19/h1-2,4-5,14-16,20H,3,6-9,11-12H2. The number of hydrogen-bond donors (Lipinski definition) is 1. The molecule has 3 rings (SSSR count). The SMILES string of the molecule is N#Cc1ccccc1OCCCN1CC2CCC(O)C2C1. The molecular weight excluding hydrogens is 264 g/mol. The molecule has 1 saturated heterocycles. The molecule has 1 N–H and O–H groups in total. The quantitative estimate of drug-likeness (QED) is 0.842. The number of nitrogens with zero attached hydrogens (tertiary/aromatic N) is 2. The fourth-order valence-electron chi connectivity index (χ4n) is 3.67. The molecule has 2 aliphatic rings. The van der Waals surface area contributed by atoms with E-state index in [0.29, 0.717) is 29.8 Å². The summed E-state index contributed by atoms with van der Waals surface area (Å²) in [6.07, 6.45) is 3.03. The highest BCUT2D eigenvalue weighted by atomic mass is 16.5. The molecule has 1 heterocycles. The predicted octanol–water partition coefficient (Wildman–Crippen LogP) is 2.03. The highest BCUT2D eigenvalue weighted by Crippen LogP contribution is 2.37. The monoisotopic (exact) mass is 286 g/mol. The average molecular weight is 286 g/mol. The van der Waals surface area contributed by atoms with Crippen molar-refractivity contribution >= 4 is 0 Å². The van der Waals surface area contributed by atoms with E-state index in [1.54, 1.807) is 6.07 Å². The third-order valence-corrected chi connectivity index (χ3v) is 4.78. The molecule has 3 unspecified atom stereocenters. The Bertz CT molecular complexity index is 526. The van der Waals surface area contributed by atoms with Crippen LogP contribution in [0.1, 0.15) is 24.8 Å². The van der Waals surface area contributed by atoms with E-state index in [2.05, 4.69) is 11.0 Å². The summed E-state index contributed by atoms with van der Waals surface area (Å²) in [6.45, 7) is 3.79. The molecule has 21 heavy (non-hydrogen) atoms. The van der Waals surface area contributed by atoms with E-state index in [0.717, 1.165) is 32.5 Å². The van der Waals surface area contributed by atoms with Gasteiger partial charge in [-0.15, -0.1) is 0 Å². The summed E-state index contributed by atoms with van der Waals surface area (Å²) in [5, 5.41) is 18.9. The number of aliphatic hydroxyl groups is 1. The maximum absolute atomic E-state index is 9.91. The summed E-state index contributed by atoms with van der Waals surface area (Å²) in [6, 6.07) is 9.50. The second-order valence-corrected chi connectivity index (χ2v) is 6.14. The Morgan fingerprint density at radius 2 is 2.14 bits per heavy atom. The fourth-order valence-corrected chi connectivity index (χ4v) is 3.67. The minimum atomic E-state index is -0.0845. The van der Waals surface area contributed by atoms with Crippen LogP contribution in [0.3, 0.4) is 0 Å². The summed E-state index contributed by atoms with van der Waals surface area (Å²) in [4.78, 5) is 2.44. The van der Waals surface area contributed by atoms with Crippen LogP contribution in [-0.4, -0.2) is 42.4 Å².